The number of fused-ring (bicyclic) bond motifs is 3. The van der Waals surface area contributed by atoms with Crippen LogP contribution < -0.4 is 10.6 Å². The molecule has 0 saturated heterocycles. The fourth-order valence-electron chi connectivity index (χ4n) is 4.21. The Bertz CT molecular complexity index is 1390. The van der Waals surface area contributed by atoms with Crippen LogP contribution in [0.4, 0.5) is 5.69 Å². The smallest absolute Gasteiger partial charge is 0.259 e. The third kappa shape index (κ3) is 5.55. The van der Waals surface area contributed by atoms with Gasteiger partial charge < -0.3 is 15.1 Å². The van der Waals surface area contributed by atoms with Crippen LogP contribution in [0.5, 0.6) is 0 Å². The highest BCUT2D eigenvalue weighted by atomic mass is 32.2. The second-order valence-corrected chi connectivity index (χ2v) is 10.0. The van der Waals surface area contributed by atoms with Crippen LogP contribution in [0.15, 0.2) is 87.4 Å². The van der Waals surface area contributed by atoms with E-state index in [0.29, 0.717) is 41.0 Å². The SMILES string of the molecule is CC[C@@H](SC1=Nc2ccccc2C2=N[C@@H](CC(=O)NCc3ccccc3)C(=O)N12)C(=O)NCc1ccco1. The number of carbonyl (C=O) groups is 3. The molecule has 194 valence electrons. The molecule has 2 atom stereocenters. The molecule has 9 nitrogen and oxygen atoms in total. The Morgan fingerprint density at radius 1 is 1.03 bits per heavy atom. The van der Waals surface area contributed by atoms with Crippen LogP contribution in [-0.4, -0.2) is 44.9 Å². The van der Waals surface area contributed by atoms with Crippen molar-refractivity contribution < 1.29 is 18.8 Å². The van der Waals surface area contributed by atoms with Crippen LogP contribution in [0, 0.1) is 0 Å². The lowest BCUT2D eigenvalue weighted by Crippen LogP contribution is -2.43. The first-order valence-corrected chi connectivity index (χ1v) is 13.3. The number of thioether (sulfide) groups is 1. The van der Waals surface area contributed by atoms with Gasteiger partial charge in [0.15, 0.2) is 5.17 Å². The summed E-state index contributed by atoms with van der Waals surface area (Å²) in [6.45, 7) is 2.55. The van der Waals surface area contributed by atoms with E-state index in [0.717, 1.165) is 5.56 Å². The van der Waals surface area contributed by atoms with Gasteiger partial charge in [0.2, 0.25) is 11.8 Å². The van der Waals surface area contributed by atoms with E-state index in [4.69, 9.17) is 9.41 Å². The Kier molecular flexibility index (Phi) is 7.69. The highest BCUT2D eigenvalue weighted by Gasteiger charge is 2.43. The first-order valence-electron chi connectivity index (χ1n) is 12.4. The van der Waals surface area contributed by atoms with Gasteiger partial charge in [-0.05, 0) is 36.2 Å². The minimum Gasteiger partial charge on any atom is -0.467 e. The van der Waals surface area contributed by atoms with Crippen molar-refractivity contribution in [3.63, 3.8) is 0 Å². The minimum atomic E-state index is -0.870. The van der Waals surface area contributed by atoms with Crippen LogP contribution >= 0.6 is 11.8 Å². The molecule has 38 heavy (non-hydrogen) atoms. The summed E-state index contributed by atoms with van der Waals surface area (Å²) in [6, 6.07) is 19.7. The summed E-state index contributed by atoms with van der Waals surface area (Å²) < 4.78 is 5.30. The predicted octanol–water partition coefficient (Wildman–Crippen LogP) is 3.77. The number of aliphatic imine (C=N–C) groups is 2. The Balaban J connectivity index is 1.31. The summed E-state index contributed by atoms with van der Waals surface area (Å²) in [4.78, 5) is 50.0. The van der Waals surface area contributed by atoms with Crippen molar-refractivity contribution >= 4 is 46.2 Å². The lowest BCUT2D eigenvalue weighted by molar-refractivity contribution is -0.128. The zero-order valence-corrected chi connectivity index (χ0v) is 21.6. The molecule has 2 N–H and O–H groups in total. The van der Waals surface area contributed by atoms with E-state index < -0.39 is 11.3 Å². The van der Waals surface area contributed by atoms with Crippen LogP contribution in [0.25, 0.3) is 0 Å². The summed E-state index contributed by atoms with van der Waals surface area (Å²) in [5.41, 5.74) is 2.35. The second-order valence-electron chi connectivity index (χ2n) is 8.83. The number of benzene rings is 2. The highest BCUT2D eigenvalue weighted by Crippen LogP contribution is 2.35. The fraction of sp³-hybridized carbons (Fsp3) is 0.250. The first-order chi connectivity index (χ1) is 18.5. The van der Waals surface area contributed by atoms with Crippen LogP contribution in [0.1, 0.15) is 36.7 Å². The maximum Gasteiger partial charge on any atom is 0.259 e. The van der Waals surface area contributed by atoms with E-state index in [9.17, 15) is 14.4 Å². The number of hydrogen-bond acceptors (Lipinski definition) is 7. The Labute approximate surface area is 224 Å². The average Bonchev–Trinajstić information content (AvgIpc) is 3.58. The molecule has 3 heterocycles. The van der Waals surface area contributed by atoms with Gasteiger partial charge in [-0.25, -0.2) is 9.89 Å². The number of para-hydroxylation sites is 1. The monoisotopic (exact) mass is 529 g/mol. The van der Waals surface area contributed by atoms with Crippen LogP contribution in [0.2, 0.25) is 0 Å². The maximum atomic E-state index is 13.5. The lowest BCUT2D eigenvalue weighted by atomic mass is 10.1. The van der Waals surface area contributed by atoms with Gasteiger partial charge in [0.25, 0.3) is 5.91 Å². The molecule has 10 heteroatoms. The molecule has 0 aliphatic carbocycles. The first kappa shape index (κ1) is 25.5. The molecule has 0 unspecified atom stereocenters. The molecule has 2 aromatic carbocycles. The van der Waals surface area contributed by atoms with Gasteiger partial charge in [0.1, 0.15) is 17.6 Å². The normalized spacial score (nSPS) is 16.7. The van der Waals surface area contributed by atoms with E-state index in [-0.39, 0.29) is 30.7 Å². The molecular formula is C28H27N5O4S. The Morgan fingerprint density at radius 3 is 2.58 bits per heavy atom. The topological polar surface area (TPSA) is 116 Å². The summed E-state index contributed by atoms with van der Waals surface area (Å²) in [5.74, 6) is 0.327. The van der Waals surface area contributed by atoms with Gasteiger partial charge in [0.05, 0.1) is 30.2 Å². The van der Waals surface area contributed by atoms with E-state index in [1.165, 1.54) is 16.7 Å². The zero-order chi connectivity index (χ0) is 26.5. The molecule has 0 bridgehead atoms. The number of nitrogens with one attached hydrogen (secondary N) is 2. The minimum absolute atomic E-state index is 0.0768. The average molecular weight is 530 g/mol. The van der Waals surface area contributed by atoms with Gasteiger partial charge >= 0.3 is 0 Å². The molecule has 2 aliphatic heterocycles. The molecule has 1 aromatic heterocycles. The molecule has 0 radical (unpaired) electrons. The third-order valence-corrected chi connectivity index (χ3v) is 7.50. The van der Waals surface area contributed by atoms with Gasteiger partial charge in [-0.2, -0.15) is 0 Å². The molecule has 3 amide bonds. The van der Waals surface area contributed by atoms with E-state index in [1.807, 2.05) is 61.5 Å². The van der Waals surface area contributed by atoms with Crippen molar-refractivity contribution in [2.24, 2.45) is 9.98 Å². The maximum absolute atomic E-state index is 13.5. The fourth-order valence-corrected chi connectivity index (χ4v) is 5.25. The number of furan rings is 1. The molecular weight excluding hydrogens is 502 g/mol. The standard InChI is InChI=1S/C28H27N5O4S/c1-2-23(26(35)30-17-19-11-8-14-37-19)38-28-32-21-13-7-6-12-20(21)25-31-22(27(36)33(25)28)15-24(34)29-16-18-9-4-3-5-10-18/h3-14,22-23H,2,15-17H2,1H3,(H,29,34)(H,30,35)/t22-,23+/m0/s1. The number of amides is 3. The zero-order valence-electron chi connectivity index (χ0n) is 20.8. The molecule has 5 rings (SSSR count). The second kappa shape index (κ2) is 11.5. The summed E-state index contributed by atoms with van der Waals surface area (Å²) in [6.07, 6.45) is 2.00. The molecule has 0 spiro atoms. The van der Waals surface area contributed by atoms with Crippen molar-refractivity contribution in [3.05, 3.63) is 89.9 Å². The van der Waals surface area contributed by atoms with Gasteiger partial charge in [-0.3, -0.25) is 19.4 Å². The third-order valence-electron chi connectivity index (χ3n) is 6.19. The van der Waals surface area contributed by atoms with Crippen molar-refractivity contribution in [1.29, 1.82) is 0 Å². The molecule has 0 saturated carbocycles. The number of rotatable bonds is 9. The quantitative estimate of drug-likeness (QED) is 0.438. The van der Waals surface area contributed by atoms with Gasteiger partial charge in [-0.1, -0.05) is 61.2 Å². The number of carbonyl (C=O) groups excluding carboxylic acids is 3. The summed E-state index contributed by atoms with van der Waals surface area (Å²) in [5, 5.41) is 5.63. The van der Waals surface area contributed by atoms with Gasteiger partial charge in [-0.15, -0.1) is 0 Å². The molecule has 0 fully saturated rings. The van der Waals surface area contributed by atoms with Crippen LogP contribution in [-0.2, 0) is 27.5 Å². The van der Waals surface area contributed by atoms with Crippen molar-refractivity contribution in [2.45, 2.75) is 44.1 Å². The van der Waals surface area contributed by atoms with E-state index in [1.54, 1.807) is 18.4 Å². The van der Waals surface area contributed by atoms with Crippen molar-refractivity contribution in [3.8, 4) is 0 Å². The summed E-state index contributed by atoms with van der Waals surface area (Å²) in [7, 11) is 0. The summed E-state index contributed by atoms with van der Waals surface area (Å²) >= 11 is 1.21. The Hall–Kier alpha value is -4.18. The predicted molar refractivity (Wildman–Crippen MR) is 146 cm³/mol. The Morgan fingerprint density at radius 2 is 1.82 bits per heavy atom. The van der Waals surface area contributed by atoms with Crippen LogP contribution in [0.3, 0.4) is 0 Å². The number of nitrogens with zero attached hydrogens (tertiary/aromatic N) is 3. The van der Waals surface area contributed by atoms with Crippen molar-refractivity contribution in [2.75, 3.05) is 0 Å². The highest BCUT2D eigenvalue weighted by molar-refractivity contribution is 8.15. The molecule has 2 aliphatic rings. The van der Waals surface area contributed by atoms with Gasteiger partial charge in [0, 0.05) is 12.1 Å². The molecule has 3 aromatic rings. The number of amidine groups is 2. The lowest BCUT2D eigenvalue weighted by Gasteiger charge is -2.27. The number of hydrogen-bond donors (Lipinski definition) is 2. The van der Waals surface area contributed by atoms with E-state index >= 15 is 0 Å². The van der Waals surface area contributed by atoms with E-state index in [2.05, 4.69) is 15.6 Å². The van der Waals surface area contributed by atoms with Crippen molar-refractivity contribution in [1.82, 2.24) is 15.5 Å². The largest absolute Gasteiger partial charge is 0.467 e.